The van der Waals surface area contributed by atoms with Gasteiger partial charge in [0.1, 0.15) is 5.75 Å². The molecule has 0 radical (unpaired) electrons. The Bertz CT molecular complexity index is 1120. The summed E-state index contributed by atoms with van der Waals surface area (Å²) in [7, 11) is -1.96. The molecule has 0 bridgehead atoms. The van der Waals surface area contributed by atoms with Gasteiger partial charge >= 0.3 is 0 Å². The normalized spacial score (nSPS) is 12.2. The van der Waals surface area contributed by atoms with E-state index < -0.39 is 16.1 Å². The Morgan fingerprint density at radius 1 is 0.968 bits per heavy atom. The number of nitrogens with one attached hydrogen (secondary N) is 2. The summed E-state index contributed by atoms with van der Waals surface area (Å²) in [5, 5.41) is 2.92. The van der Waals surface area contributed by atoms with E-state index in [0.717, 1.165) is 16.0 Å². The third-order valence-corrected chi connectivity index (χ3v) is 6.19. The van der Waals surface area contributed by atoms with Gasteiger partial charge in [0.25, 0.3) is 0 Å². The van der Waals surface area contributed by atoms with Crippen LogP contribution in [0.4, 0.5) is 5.69 Å². The zero-order chi connectivity index (χ0) is 22.3. The van der Waals surface area contributed by atoms with Crippen LogP contribution in [0.1, 0.15) is 18.0 Å². The molecule has 0 aliphatic rings. The summed E-state index contributed by atoms with van der Waals surface area (Å²) in [5.41, 5.74) is 1.35. The van der Waals surface area contributed by atoms with Crippen molar-refractivity contribution in [2.45, 2.75) is 22.3 Å². The highest BCUT2D eigenvalue weighted by Crippen LogP contribution is 2.33. The molecule has 0 fully saturated rings. The second kappa shape index (κ2) is 10.5. The SMILES string of the molecule is COc1ccc([C@H](CC(=O)Nc2ccccc2Sc2ccccc2)NS(C)(=O)=O)cc1. The fourth-order valence-electron chi connectivity index (χ4n) is 2.98. The summed E-state index contributed by atoms with van der Waals surface area (Å²) in [6.07, 6.45) is 1.02. The van der Waals surface area contributed by atoms with Crippen LogP contribution in [0.5, 0.6) is 5.75 Å². The number of ether oxygens (including phenoxy) is 1. The monoisotopic (exact) mass is 456 g/mol. The van der Waals surface area contributed by atoms with Crippen LogP contribution in [0.25, 0.3) is 0 Å². The Labute approximate surface area is 187 Å². The van der Waals surface area contributed by atoms with Gasteiger partial charge in [0, 0.05) is 16.2 Å². The van der Waals surface area contributed by atoms with Crippen LogP contribution in [0.15, 0.2) is 88.7 Å². The molecule has 0 heterocycles. The second-order valence-corrected chi connectivity index (χ2v) is 9.77. The third-order valence-electron chi connectivity index (χ3n) is 4.40. The molecule has 1 amide bonds. The van der Waals surface area contributed by atoms with Gasteiger partial charge in [-0.15, -0.1) is 0 Å². The van der Waals surface area contributed by atoms with Gasteiger partial charge in [0.05, 0.1) is 25.1 Å². The van der Waals surface area contributed by atoms with Gasteiger partial charge in [-0.25, -0.2) is 13.1 Å². The van der Waals surface area contributed by atoms with Gasteiger partial charge in [-0.05, 0) is 42.0 Å². The number of carbonyl (C=O) groups excluding carboxylic acids is 1. The zero-order valence-corrected chi connectivity index (χ0v) is 18.9. The number of sulfonamides is 1. The topological polar surface area (TPSA) is 84.5 Å². The molecule has 162 valence electrons. The van der Waals surface area contributed by atoms with Crippen LogP contribution in [-0.4, -0.2) is 27.7 Å². The number of rotatable bonds is 9. The van der Waals surface area contributed by atoms with Gasteiger partial charge in [0.2, 0.25) is 15.9 Å². The smallest absolute Gasteiger partial charge is 0.226 e. The van der Waals surface area contributed by atoms with E-state index in [4.69, 9.17) is 4.74 Å². The summed E-state index contributed by atoms with van der Waals surface area (Å²) in [5.74, 6) is 0.358. The lowest BCUT2D eigenvalue weighted by Crippen LogP contribution is -2.30. The minimum atomic E-state index is -3.52. The van der Waals surface area contributed by atoms with E-state index in [1.54, 1.807) is 43.1 Å². The molecule has 0 spiro atoms. The number of benzene rings is 3. The maximum atomic E-state index is 12.8. The summed E-state index contributed by atoms with van der Waals surface area (Å²) in [6, 6.07) is 23.6. The first-order valence-electron chi connectivity index (χ1n) is 9.57. The van der Waals surface area contributed by atoms with Crippen molar-refractivity contribution in [3.63, 3.8) is 0 Å². The van der Waals surface area contributed by atoms with Crippen LogP contribution in [0, 0.1) is 0 Å². The maximum Gasteiger partial charge on any atom is 0.226 e. The molecule has 2 N–H and O–H groups in total. The van der Waals surface area contributed by atoms with Crippen molar-refractivity contribution in [2.24, 2.45) is 0 Å². The molecule has 1 atom stereocenters. The minimum absolute atomic E-state index is 0.0518. The van der Waals surface area contributed by atoms with E-state index in [1.807, 2.05) is 54.6 Å². The molecule has 0 aromatic heterocycles. The van der Waals surface area contributed by atoms with E-state index in [2.05, 4.69) is 10.0 Å². The van der Waals surface area contributed by atoms with Crippen molar-refractivity contribution in [1.82, 2.24) is 4.72 Å². The Hall–Kier alpha value is -2.81. The molecule has 3 rings (SSSR count). The molecule has 0 saturated heterocycles. The van der Waals surface area contributed by atoms with E-state index in [-0.39, 0.29) is 12.3 Å². The number of para-hydroxylation sites is 1. The highest BCUT2D eigenvalue weighted by molar-refractivity contribution is 7.99. The van der Waals surface area contributed by atoms with Gasteiger partial charge in [-0.1, -0.05) is 54.2 Å². The van der Waals surface area contributed by atoms with Gasteiger partial charge in [0.15, 0.2) is 0 Å². The molecule has 0 aliphatic heterocycles. The lowest BCUT2D eigenvalue weighted by molar-refractivity contribution is -0.116. The van der Waals surface area contributed by atoms with Crippen molar-refractivity contribution in [1.29, 1.82) is 0 Å². The fraction of sp³-hybridized carbons (Fsp3) is 0.174. The van der Waals surface area contributed by atoms with Crippen LogP contribution in [0.2, 0.25) is 0 Å². The van der Waals surface area contributed by atoms with Gasteiger partial charge < -0.3 is 10.1 Å². The largest absolute Gasteiger partial charge is 0.497 e. The molecule has 3 aromatic carbocycles. The molecule has 0 aliphatic carbocycles. The molecule has 3 aromatic rings. The average Bonchev–Trinajstić information content (AvgIpc) is 2.74. The lowest BCUT2D eigenvalue weighted by atomic mass is 10.0. The van der Waals surface area contributed by atoms with Crippen molar-refractivity contribution < 1.29 is 17.9 Å². The highest BCUT2D eigenvalue weighted by atomic mass is 32.2. The summed E-state index contributed by atoms with van der Waals surface area (Å²) in [6.45, 7) is 0. The standard InChI is InChI=1S/C23H24N2O4S2/c1-29-18-14-12-17(13-15-18)21(25-31(2,27)28)16-23(26)24-20-10-6-7-11-22(20)30-19-8-4-3-5-9-19/h3-15,21,25H,16H2,1-2H3,(H,24,26)/t21-/m0/s1. The van der Waals surface area contributed by atoms with E-state index in [0.29, 0.717) is 17.0 Å². The van der Waals surface area contributed by atoms with E-state index >= 15 is 0 Å². The summed E-state index contributed by atoms with van der Waals surface area (Å²) in [4.78, 5) is 14.8. The quantitative estimate of drug-likeness (QED) is 0.496. The second-order valence-electron chi connectivity index (χ2n) is 6.88. The molecule has 8 heteroatoms. The molecular formula is C23H24N2O4S2. The highest BCUT2D eigenvalue weighted by Gasteiger charge is 2.20. The van der Waals surface area contributed by atoms with Crippen molar-refractivity contribution in [3.05, 3.63) is 84.4 Å². The predicted molar refractivity (Wildman–Crippen MR) is 124 cm³/mol. The average molecular weight is 457 g/mol. The van der Waals surface area contributed by atoms with Crippen molar-refractivity contribution in [3.8, 4) is 5.75 Å². The third kappa shape index (κ3) is 7.13. The van der Waals surface area contributed by atoms with Crippen molar-refractivity contribution in [2.75, 3.05) is 18.7 Å². The molecule has 0 unspecified atom stereocenters. The molecular weight excluding hydrogens is 432 g/mol. The fourth-order valence-corrected chi connectivity index (χ4v) is 4.64. The Kier molecular flexibility index (Phi) is 7.73. The molecule has 0 saturated carbocycles. The maximum absolute atomic E-state index is 12.8. The summed E-state index contributed by atoms with van der Waals surface area (Å²) < 4.78 is 31.4. The first-order chi connectivity index (χ1) is 14.8. The number of amides is 1. The number of methoxy groups -OCH3 is 1. The predicted octanol–water partition coefficient (Wildman–Crippen LogP) is 4.47. The molecule has 6 nitrogen and oxygen atoms in total. The van der Waals surface area contributed by atoms with Gasteiger partial charge in [-0.3, -0.25) is 4.79 Å². The summed E-state index contributed by atoms with van der Waals surface area (Å²) >= 11 is 1.55. The van der Waals surface area contributed by atoms with Crippen LogP contribution < -0.4 is 14.8 Å². The Morgan fingerprint density at radius 3 is 2.26 bits per heavy atom. The number of hydrogen-bond acceptors (Lipinski definition) is 5. The number of hydrogen-bond donors (Lipinski definition) is 2. The van der Waals surface area contributed by atoms with E-state index in [9.17, 15) is 13.2 Å². The van der Waals surface area contributed by atoms with Crippen molar-refractivity contribution >= 4 is 33.4 Å². The lowest BCUT2D eigenvalue weighted by Gasteiger charge is -2.19. The van der Waals surface area contributed by atoms with Crippen LogP contribution in [-0.2, 0) is 14.8 Å². The number of carbonyl (C=O) groups is 1. The zero-order valence-electron chi connectivity index (χ0n) is 17.2. The van der Waals surface area contributed by atoms with Crippen LogP contribution in [0.3, 0.4) is 0 Å². The Morgan fingerprint density at radius 2 is 1.61 bits per heavy atom. The minimum Gasteiger partial charge on any atom is -0.497 e. The Balaban J connectivity index is 1.76. The molecule has 31 heavy (non-hydrogen) atoms. The van der Waals surface area contributed by atoms with E-state index in [1.165, 1.54) is 0 Å². The first-order valence-corrected chi connectivity index (χ1v) is 12.3. The van der Waals surface area contributed by atoms with Crippen LogP contribution >= 0.6 is 11.8 Å². The number of anilines is 1. The first kappa shape index (κ1) is 22.9. The van der Waals surface area contributed by atoms with Gasteiger partial charge in [-0.2, -0.15) is 0 Å².